The molecule has 1 aliphatic heterocycles. The summed E-state index contributed by atoms with van der Waals surface area (Å²) < 4.78 is 19.4. The smallest absolute Gasteiger partial charge is 0.254 e. The van der Waals surface area contributed by atoms with E-state index in [1.165, 1.54) is 25.7 Å². The zero-order valence-corrected chi connectivity index (χ0v) is 20.7. The van der Waals surface area contributed by atoms with Crippen LogP contribution in [0.1, 0.15) is 39.0 Å². The van der Waals surface area contributed by atoms with E-state index >= 15 is 0 Å². The number of nitrogens with zero attached hydrogens (tertiary/aromatic N) is 5. The number of carbonyl (C=O) groups excluding carboxylic acids is 1. The van der Waals surface area contributed by atoms with Crippen LogP contribution in [-0.4, -0.2) is 45.3 Å². The van der Waals surface area contributed by atoms with Crippen molar-refractivity contribution in [1.29, 1.82) is 0 Å². The number of methoxy groups -OCH3 is 1. The molecule has 1 fully saturated rings. The first-order valence-corrected chi connectivity index (χ1v) is 12.6. The first kappa shape index (κ1) is 23.2. The summed E-state index contributed by atoms with van der Waals surface area (Å²) in [4.78, 5) is 27.0. The van der Waals surface area contributed by atoms with E-state index < -0.39 is 11.9 Å². The molecule has 2 aromatic carbocycles. The zero-order valence-electron chi connectivity index (χ0n) is 20.7. The van der Waals surface area contributed by atoms with Crippen molar-refractivity contribution < 1.29 is 13.9 Å². The van der Waals surface area contributed by atoms with Gasteiger partial charge in [0, 0.05) is 23.2 Å². The molecule has 190 valence electrons. The highest BCUT2D eigenvalue weighted by atomic mass is 19.1. The number of carbonyl (C=O) groups is 1. The average molecular weight is 502 g/mol. The molecule has 0 radical (unpaired) electrons. The fourth-order valence-corrected chi connectivity index (χ4v) is 5.43. The lowest BCUT2D eigenvalue weighted by molar-refractivity contribution is -0.119. The summed E-state index contributed by atoms with van der Waals surface area (Å²) >= 11 is 0. The zero-order chi connectivity index (χ0) is 25.5. The largest absolute Gasteiger partial charge is 0.494 e. The van der Waals surface area contributed by atoms with Crippen LogP contribution in [-0.2, 0) is 4.79 Å². The van der Waals surface area contributed by atoms with Gasteiger partial charge < -0.3 is 15.0 Å². The number of H-pyrrole nitrogens is 1. The molecule has 2 aromatic heterocycles. The quantitative estimate of drug-likeness (QED) is 0.375. The molecule has 6 rings (SSSR count). The minimum atomic E-state index is -0.488. The third-order valence-corrected chi connectivity index (χ3v) is 7.29. The standard InChI is InChI=1S/C27H28FN7O2/c1-16-26(36)35(20-9-10-21(28)24(13-20)37-2)23-15-29-27(31-18-8-11-22-17(12-18)14-30-33-22)32-25(23)34(16)19-6-4-3-5-7-19/h8-16,19H,3-7H2,1-2H3,(H,30,33)(H,29,31,32)/t16-/m1/s1. The van der Waals surface area contributed by atoms with Gasteiger partial charge in [0.2, 0.25) is 5.95 Å². The Morgan fingerprint density at radius 1 is 1.11 bits per heavy atom. The first-order chi connectivity index (χ1) is 18.0. The predicted octanol–water partition coefficient (Wildman–Crippen LogP) is 5.45. The number of fused-ring (bicyclic) bond motifs is 2. The van der Waals surface area contributed by atoms with E-state index in [0.717, 1.165) is 42.3 Å². The van der Waals surface area contributed by atoms with Gasteiger partial charge in [0.15, 0.2) is 17.4 Å². The number of rotatable bonds is 5. The molecule has 0 bridgehead atoms. The summed E-state index contributed by atoms with van der Waals surface area (Å²) in [5, 5.41) is 11.3. The number of amides is 1. The minimum Gasteiger partial charge on any atom is -0.494 e. The monoisotopic (exact) mass is 501 g/mol. The van der Waals surface area contributed by atoms with E-state index in [2.05, 4.69) is 25.4 Å². The van der Waals surface area contributed by atoms with E-state index in [1.807, 2.05) is 25.1 Å². The van der Waals surface area contributed by atoms with Gasteiger partial charge in [0.25, 0.3) is 5.91 Å². The molecule has 4 aromatic rings. The molecule has 2 aliphatic rings. The van der Waals surface area contributed by atoms with E-state index in [1.54, 1.807) is 23.4 Å². The number of ether oxygens (including phenoxy) is 1. The molecule has 0 unspecified atom stereocenters. The van der Waals surface area contributed by atoms with Gasteiger partial charge in [-0.15, -0.1) is 0 Å². The Hall–Kier alpha value is -4.21. The predicted molar refractivity (Wildman–Crippen MR) is 140 cm³/mol. The van der Waals surface area contributed by atoms with Crippen LogP contribution >= 0.6 is 0 Å². The molecular weight excluding hydrogens is 473 g/mol. The second-order valence-corrected chi connectivity index (χ2v) is 9.57. The Morgan fingerprint density at radius 3 is 2.76 bits per heavy atom. The van der Waals surface area contributed by atoms with Crippen molar-refractivity contribution in [2.24, 2.45) is 0 Å². The second kappa shape index (κ2) is 9.34. The molecule has 1 aliphatic carbocycles. The number of hydrogen-bond donors (Lipinski definition) is 2. The molecule has 1 saturated carbocycles. The number of nitrogens with one attached hydrogen (secondary N) is 2. The number of halogens is 1. The van der Waals surface area contributed by atoms with Crippen LogP contribution < -0.4 is 19.9 Å². The maximum atomic E-state index is 14.2. The lowest BCUT2D eigenvalue weighted by atomic mass is 9.92. The van der Waals surface area contributed by atoms with Crippen molar-refractivity contribution in [2.75, 3.05) is 22.2 Å². The van der Waals surface area contributed by atoms with Crippen molar-refractivity contribution in [2.45, 2.75) is 51.1 Å². The van der Waals surface area contributed by atoms with Gasteiger partial charge in [-0.25, -0.2) is 9.37 Å². The van der Waals surface area contributed by atoms with E-state index in [4.69, 9.17) is 9.72 Å². The van der Waals surface area contributed by atoms with Crippen LogP contribution in [0.3, 0.4) is 0 Å². The number of aromatic nitrogens is 4. The van der Waals surface area contributed by atoms with Crippen molar-refractivity contribution in [3.63, 3.8) is 0 Å². The summed E-state index contributed by atoms with van der Waals surface area (Å²) in [6.07, 6.45) is 8.89. The van der Waals surface area contributed by atoms with Gasteiger partial charge in [-0.3, -0.25) is 14.8 Å². The minimum absolute atomic E-state index is 0.0723. The summed E-state index contributed by atoms with van der Waals surface area (Å²) in [6.45, 7) is 1.91. The van der Waals surface area contributed by atoms with Crippen molar-refractivity contribution in [1.82, 2.24) is 20.2 Å². The van der Waals surface area contributed by atoms with Crippen LogP contribution in [0, 0.1) is 5.82 Å². The van der Waals surface area contributed by atoms with Gasteiger partial charge >= 0.3 is 0 Å². The van der Waals surface area contributed by atoms with Crippen LogP contribution in [0.2, 0.25) is 0 Å². The molecule has 10 heteroatoms. The molecule has 9 nitrogen and oxygen atoms in total. The maximum absolute atomic E-state index is 14.2. The van der Waals surface area contributed by atoms with E-state index in [0.29, 0.717) is 23.1 Å². The highest BCUT2D eigenvalue weighted by Gasteiger charge is 2.41. The number of aromatic amines is 1. The third kappa shape index (κ3) is 4.12. The second-order valence-electron chi connectivity index (χ2n) is 9.57. The van der Waals surface area contributed by atoms with Gasteiger partial charge in [0.05, 0.1) is 30.7 Å². The van der Waals surface area contributed by atoms with Crippen molar-refractivity contribution in [3.8, 4) is 5.75 Å². The number of anilines is 5. The number of benzene rings is 2. The Balaban J connectivity index is 1.44. The van der Waals surface area contributed by atoms with Gasteiger partial charge in [-0.2, -0.15) is 10.1 Å². The molecular formula is C27H28FN7O2. The number of hydrogen-bond acceptors (Lipinski definition) is 7. The molecule has 37 heavy (non-hydrogen) atoms. The first-order valence-electron chi connectivity index (χ1n) is 12.6. The molecule has 2 N–H and O–H groups in total. The lowest BCUT2D eigenvalue weighted by Crippen LogP contribution is -2.55. The summed E-state index contributed by atoms with van der Waals surface area (Å²) in [6, 6.07) is 10.0. The Bertz CT molecular complexity index is 1470. The van der Waals surface area contributed by atoms with Crippen LogP contribution in [0.25, 0.3) is 10.9 Å². The van der Waals surface area contributed by atoms with Crippen LogP contribution in [0.5, 0.6) is 5.75 Å². The average Bonchev–Trinajstić information content (AvgIpc) is 3.39. The molecule has 0 saturated heterocycles. The fourth-order valence-electron chi connectivity index (χ4n) is 5.43. The third-order valence-electron chi connectivity index (χ3n) is 7.29. The van der Waals surface area contributed by atoms with Gasteiger partial charge in [-0.1, -0.05) is 19.3 Å². The lowest BCUT2D eigenvalue weighted by Gasteiger charge is -2.45. The molecule has 0 spiro atoms. The normalized spacial score (nSPS) is 18.2. The fraction of sp³-hybridized carbons (Fsp3) is 0.333. The topological polar surface area (TPSA) is 99.3 Å². The molecule has 3 heterocycles. The Morgan fingerprint density at radius 2 is 1.95 bits per heavy atom. The molecule has 1 atom stereocenters. The van der Waals surface area contributed by atoms with Crippen LogP contribution in [0.15, 0.2) is 48.8 Å². The summed E-state index contributed by atoms with van der Waals surface area (Å²) in [5.74, 6) is 0.590. The van der Waals surface area contributed by atoms with Gasteiger partial charge in [-0.05, 0) is 50.1 Å². The SMILES string of the molecule is COc1cc(N2C(=O)[C@@H](C)N(C3CCCCC3)c3nc(Nc4ccc5[nH]ncc5c4)ncc32)ccc1F. The Labute approximate surface area is 213 Å². The highest BCUT2D eigenvalue weighted by molar-refractivity contribution is 6.10. The maximum Gasteiger partial charge on any atom is 0.254 e. The summed E-state index contributed by atoms with van der Waals surface area (Å²) in [7, 11) is 1.41. The van der Waals surface area contributed by atoms with Crippen LogP contribution in [0.4, 0.5) is 33.2 Å². The summed E-state index contributed by atoms with van der Waals surface area (Å²) in [5.41, 5.74) is 2.85. The highest BCUT2D eigenvalue weighted by Crippen LogP contribution is 2.43. The molecule has 1 amide bonds. The van der Waals surface area contributed by atoms with Gasteiger partial charge in [0.1, 0.15) is 11.7 Å². The van der Waals surface area contributed by atoms with E-state index in [9.17, 15) is 9.18 Å². The van der Waals surface area contributed by atoms with Crippen molar-refractivity contribution >= 4 is 45.6 Å². The Kier molecular flexibility index (Phi) is 5.86. The van der Waals surface area contributed by atoms with Crippen molar-refractivity contribution in [3.05, 3.63) is 54.6 Å². The van der Waals surface area contributed by atoms with E-state index in [-0.39, 0.29) is 17.7 Å².